The maximum Gasteiger partial charge on any atom is 0.305 e. The molecule has 0 aliphatic heterocycles. The molecule has 1 aliphatic rings. The Morgan fingerprint density at radius 3 is 1.45 bits per heavy atom. The molecule has 9 atom stereocenters. The van der Waals surface area contributed by atoms with Crippen molar-refractivity contribution in [3.8, 4) is 0 Å². The number of hydrogen-bond donors (Lipinski definition) is 7. The van der Waals surface area contributed by atoms with Gasteiger partial charge in [0.05, 0.1) is 6.61 Å². The lowest BCUT2D eigenvalue weighted by Gasteiger charge is -2.45. The summed E-state index contributed by atoms with van der Waals surface area (Å²) in [5.74, 6) is -0.364. The van der Waals surface area contributed by atoms with Gasteiger partial charge >= 0.3 is 5.97 Å². The van der Waals surface area contributed by atoms with E-state index in [0.29, 0.717) is 19.3 Å². The van der Waals surface area contributed by atoms with E-state index in [2.05, 4.69) is 61.4 Å². The normalized spacial score (nSPS) is 22.1. The van der Waals surface area contributed by atoms with Crippen LogP contribution in [0.4, 0.5) is 0 Å². The van der Waals surface area contributed by atoms with Crippen LogP contribution in [0.3, 0.4) is 0 Å². The number of carbonyl (C=O) groups is 1. The molecule has 0 saturated heterocycles. The Balaban J connectivity index is 0. The van der Waals surface area contributed by atoms with Crippen LogP contribution in [0.15, 0.2) is 60.9 Å². The first-order valence-corrected chi connectivity index (χ1v) is 26.9. The predicted octanol–water partition coefficient (Wildman–Crippen LogP) is 9.30. The van der Waals surface area contributed by atoms with Crippen LogP contribution in [0.2, 0.25) is 0 Å². The number of carbonyl (C=O) groups excluding carboxylic acids is 1. The molecule has 0 radical (unpaired) electrons. The van der Waals surface area contributed by atoms with Crippen LogP contribution < -0.4 is 22.1 Å². The van der Waals surface area contributed by atoms with Gasteiger partial charge in [-0.15, -0.1) is 0 Å². The Hall–Kier alpha value is -2.09. The Kier molecular flexibility index (Phi) is 41.7. The van der Waals surface area contributed by atoms with E-state index in [-0.39, 0.29) is 24.5 Å². The monoisotopic (exact) mass is 1000 g/mol. The average molecular weight is 1000 g/mol. The standard InChI is InChI=1S/C47H84O16P2.2H3N/c1-4-6-8-10-12-14-16-18-20-22-23-25-27-29-31-33-35-39(3)60-61-40(37-58-41(48)36-34-32-30-28-26-24-21-19-17-15-13-11-9-7-5-2)38-59-65(56,57)63-47-44(51)42(49)46(43(50)45(47)52)62-64(53,54)55;;/h12,14,18,20,23,25,29,31,40,42-47,49-52H,3-11,13,15-17,19,21-22,24,26-28,30,32-38H2,1-2H3,(H,56,57)(H2,53,54,55);2*1H3/t40?,42-,43+,44-,45-,46?,47?;;/m1../s1. The van der Waals surface area contributed by atoms with Crippen molar-refractivity contribution in [2.24, 2.45) is 0 Å². The number of unbranched alkanes of at least 4 members (excludes halogenated alkanes) is 17. The second-order valence-electron chi connectivity index (χ2n) is 16.7. The molecular weight excluding hydrogens is 910 g/mol. The number of hydrogen-bond acceptors (Lipinski definition) is 15. The van der Waals surface area contributed by atoms with Gasteiger partial charge in [0, 0.05) is 12.8 Å². The second kappa shape index (κ2) is 41.7. The van der Waals surface area contributed by atoms with E-state index in [1.165, 1.54) is 83.5 Å². The number of quaternary nitrogens is 2. The van der Waals surface area contributed by atoms with Crippen molar-refractivity contribution in [1.82, 2.24) is 12.3 Å². The number of aliphatic hydroxyl groups is 4. The summed E-state index contributed by atoms with van der Waals surface area (Å²) in [4.78, 5) is 56.2. The predicted molar refractivity (Wildman–Crippen MR) is 259 cm³/mol. The minimum Gasteiger partial charge on any atom is -0.756 e. The molecule has 1 rings (SSSR count). The van der Waals surface area contributed by atoms with Crippen LogP contribution in [-0.4, -0.2) is 87.2 Å². The third-order valence-corrected chi connectivity index (χ3v) is 12.2. The summed E-state index contributed by atoms with van der Waals surface area (Å²) in [6, 6.07) is 0. The Labute approximate surface area is 401 Å². The van der Waals surface area contributed by atoms with E-state index in [1.54, 1.807) is 0 Å². The topological polar surface area (TPSA) is 327 Å². The molecular formula is C47H90N2O16P2. The molecule has 394 valence electrons. The van der Waals surface area contributed by atoms with Crippen molar-refractivity contribution in [1.29, 1.82) is 0 Å². The summed E-state index contributed by atoms with van der Waals surface area (Å²) in [7, 11) is -11.1. The van der Waals surface area contributed by atoms with E-state index in [1.807, 2.05) is 12.2 Å². The molecule has 18 nitrogen and oxygen atoms in total. The highest BCUT2D eigenvalue weighted by atomic mass is 31.2. The fourth-order valence-corrected chi connectivity index (χ4v) is 8.44. The first-order valence-electron chi connectivity index (χ1n) is 24.0. The second-order valence-corrected chi connectivity index (χ2v) is 19.2. The first-order chi connectivity index (χ1) is 31.1. The van der Waals surface area contributed by atoms with Crippen molar-refractivity contribution in [3.05, 3.63) is 60.9 Å². The number of phosphoric ester groups is 2. The largest absolute Gasteiger partial charge is 0.756 e. The summed E-state index contributed by atoms with van der Waals surface area (Å²) in [6.45, 7) is 6.90. The molecule has 67 heavy (non-hydrogen) atoms. The number of rotatable bonds is 41. The summed E-state index contributed by atoms with van der Waals surface area (Å²) in [5, 5.41) is 41.3. The fraction of sp³-hybridized carbons (Fsp3) is 0.766. The number of phosphoric acid groups is 2. The van der Waals surface area contributed by atoms with Crippen LogP contribution in [-0.2, 0) is 42.0 Å². The van der Waals surface area contributed by atoms with Crippen LogP contribution in [0, 0.1) is 0 Å². The smallest absolute Gasteiger partial charge is 0.305 e. The van der Waals surface area contributed by atoms with Gasteiger partial charge < -0.3 is 70.6 Å². The third-order valence-electron chi connectivity index (χ3n) is 10.7. The zero-order valence-electron chi connectivity index (χ0n) is 41.1. The van der Waals surface area contributed by atoms with Crippen molar-refractivity contribution in [3.63, 3.8) is 0 Å². The highest BCUT2D eigenvalue weighted by molar-refractivity contribution is 7.45. The van der Waals surface area contributed by atoms with Gasteiger partial charge in [0.1, 0.15) is 49.0 Å². The van der Waals surface area contributed by atoms with E-state index >= 15 is 0 Å². The third kappa shape index (κ3) is 35.6. The van der Waals surface area contributed by atoms with E-state index in [4.69, 9.17) is 28.5 Å². The van der Waals surface area contributed by atoms with Crippen molar-refractivity contribution >= 4 is 21.6 Å². The van der Waals surface area contributed by atoms with Gasteiger partial charge in [-0.2, -0.15) is 4.89 Å². The maximum absolute atomic E-state index is 12.8. The van der Waals surface area contributed by atoms with Crippen LogP contribution in [0.1, 0.15) is 174 Å². The molecule has 0 spiro atoms. The number of esters is 1. The average Bonchev–Trinajstić information content (AvgIpc) is 3.26. The van der Waals surface area contributed by atoms with Gasteiger partial charge in [-0.3, -0.25) is 13.9 Å². The lowest BCUT2D eigenvalue weighted by Crippen LogP contribution is -2.64. The van der Waals surface area contributed by atoms with Gasteiger partial charge in [0.25, 0.3) is 15.6 Å². The van der Waals surface area contributed by atoms with Crippen molar-refractivity contribution in [2.75, 3.05) is 13.2 Å². The molecule has 0 amide bonds. The molecule has 0 aromatic heterocycles. The highest BCUT2D eigenvalue weighted by Crippen LogP contribution is 2.45. The Morgan fingerprint density at radius 2 is 0.985 bits per heavy atom. The molecule has 0 bridgehead atoms. The summed E-state index contributed by atoms with van der Waals surface area (Å²) >= 11 is 0. The molecule has 1 aliphatic carbocycles. The molecule has 1 fully saturated rings. The lowest BCUT2D eigenvalue weighted by atomic mass is 9.85. The van der Waals surface area contributed by atoms with Gasteiger partial charge in [-0.25, -0.2) is 0 Å². The Morgan fingerprint density at radius 1 is 0.582 bits per heavy atom. The lowest BCUT2D eigenvalue weighted by molar-refractivity contribution is -0.311. The molecule has 5 unspecified atom stereocenters. The maximum atomic E-state index is 12.8. The quantitative estimate of drug-likeness (QED) is 0.00570. The minimum absolute atomic E-state index is 0. The molecule has 0 aromatic carbocycles. The zero-order chi connectivity index (χ0) is 48.2. The van der Waals surface area contributed by atoms with Gasteiger partial charge in [0.15, 0.2) is 6.10 Å². The van der Waals surface area contributed by atoms with Gasteiger partial charge in [-0.1, -0.05) is 172 Å². The Bertz CT molecular complexity index is 1450. The van der Waals surface area contributed by atoms with Crippen molar-refractivity contribution in [2.45, 2.75) is 217 Å². The summed E-state index contributed by atoms with van der Waals surface area (Å²) in [6.07, 6.45) is 27.7. The van der Waals surface area contributed by atoms with Crippen LogP contribution in [0.25, 0.3) is 0 Å². The molecule has 0 heterocycles. The molecule has 20 heteroatoms. The van der Waals surface area contributed by atoms with Crippen LogP contribution >= 0.6 is 15.6 Å². The van der Waals surface area contributed by atoms with E-state index in [0.717, 1.165) is 51.4 Å². The summed E-state index contributed by atoms with van der Waals surface area (Å²) in [5.41, 5.74) is 0. The molecule has 1 saturated carbocycles. The summed E-state index contributed by atoms with van der Waals surface area (Å²) < 4.78 is 43.1. The van der Waals surface area contributed by atoms with Crippen LogP contribution in [0.5, 0.6) is 0 Å². The van der Waals surface area contributed by atoms with Crippen molar-refractivity contribution < 1.29 is 77.1 Å². The molecule has 0 aromatic rings. The number of ether oxygens (including phenoxy) is 1. The SMILES string of the molecule is C=C(CCC=CCC=CCC=CCC=CCCCCC)OOC(COC(=O)CCCCCCCCCCCCCCCCC)COP(=O)([O-])OC1[C@H](O)[C@H](O)C(OP(=O)([O-])O)[C@H](O)[C@H]1O.[NH4+].[NH4+]. The van der Waals surface area contributed by atoms with E-state index in [9.17, 15) is 44.1 Å². The van der Waals surface area contributed by atoms with Gasteiger partial charge in [-0.05, 0) is 44.9 Å². The number of allylic oxidation sites excluding steroid dienone is 9. The minimum atomic E-state index is -5.57. The van der Waals surface area contributed by atoms with Gasteiger partial charge in [0.2, 0.25) is 0 Å². The zero-order valence-corrected chi connectivity index (χ0v) is 42.9. The first kappa shape index (κ1) is 67.0. The molecule has 13 N–H and O–H groups in total. The fourth-order valence-electron chi connectivity index (χ4n) is 6.92. The number of aliphatic hydroxyl groups excluding tert-OH is 4. The van der Waals surface area contributed by atoms with E-state index < -0.39 is 77.6 Å². The highest BCUT2D eigenvalue weighted by Gasteiger charge is 2.52.